The van der Waals surface area contributed by atoms with E-state index in [1.807, 2.05) is 25.1 Å². The Morgan fingerprint density at radius 2 is 2.05 bits per heavy atom. The van der Waals surface area contributed by atoms with Gasteiger partial charge in [0.15, 0.2) is 0 Å². The SMILES string of the molecule is COc1ccc(C)cc1/C=C/C(=O)NCC(=O)N(C)C. The zero-order valence-electron chi connectivity index (χ0n) is 12.3. The number of amides is 2. The molecule has 1 aromatic rings. The molecule has 108 valence electrons. The van der Waals surface area contributed by atoms with Crippen LogP contribution in [0.15, 0.2) is 24.3 Å². The second-order valence-corrected chi connectivity index (χ2v) is 4.58. The molecule has 0 aromatic heterocycles. The number of rotatable bonds is 5. The molecule has 0 heterocycles. The van der Waals surface area contributed by atoms with Crippen LogP contribution in [0, 0.1) is 6.92 Å². The van der Waals surface area contributed by atoms with Crippen molar-refractivity contribution in [3.8, 4) is 5.75 Å². The molecular formula is C15H20N2O3. The summed E-state index contributed by atoms with van der Waals surface area (Å²) in [6.07, 6.45) is 3.06. The van der Waals surface area contributed by atoms with Gasteiger partial charge in [0.2, 0.25) is 11.8 Å². The molecule has 1 N–H and O–H groups in total. The van der Waals surface area contributed by atoms with Crippen LogP contribution in [0.4, 0.5) is 0 Å². The van der Waals surface area contributed by atoms with Crippen LogP contribution in [0.25, 0.3) is 6.08 Å². The van der Waals surface area contributed by atoms with Crippen LogP contribution < -0.4 is 10.1 Å². The second kappa shape index (κ2) is 7.33. The third-order valence-electron chi connectivity index (χ3n) is 2.71. The molecule has 0 aliphatic heterocycles. The first kappa shape index (κ1) is 15.8. The van der Waals surface area contributed by atoms with Gasteiger partial charge in [0.1, 0.15) is 5.75 Å². The van der Waals surface area contributed by atoms with Crippen molar-refractivity contribution in [2.24, 2.45) is 0 Å². The van der Waals surface area contributed by atoms with Crippen molar-refractivity contribution in [1.29, 1.82) is 0 Å². The van der Waals surface area contributed by atoms with Gasteiger partial charge in [-0.15, -0.1) is 0 Å². The first-order valence-electron chi connectivity index (χ1n) is 6.24. The number of benzene rings is 1. The Morgan fingerprint density at radius 3 is 2.65 bits per heavy atom. The molecular weight excluding hydrogens is 256 g/mol. The quantitative estimate of drug-likeness (QED) is 0.823. The molecule has 1 aromatic carbocycles. The van der Waals surface area contributed by atoms with Crippen LogP contribution >= 0.6 is 0 Å². The Hall–Kier alpha value is -2.30. The van der Waals surface area contributed by atoms with Gasteiger partial charge in [0, 0.05) is 25.7 Å². The summed E-state index contributed by atoms with van der Waals surface area (Å²) in [6, 6.07) is 5.71. The van der Waals surface area contributed by atoms with Crippen LogP contribution in [-0.2, 0) is 9.59 Å². The van der Waals surface area contributed by atoms with Crippen molar-refractivity contribution < 1.29 is 14.3 Å². The zero-order valence-corrected chi connectivity index (χ0v) is 12.3. The average molecular weight is 276 g/mol. The fourth-order valence-electron chi connectivity index (χ4n) is 1.53. The highest BCUT2D eigenvalue weighted by molar-refractivity contribution is 5.94. The second-order valence-electron chi connectivity index (χ2n) is 4.58. The van der Waals surface area contributed by atoms with Crippen molar-refractivity contribution >= 4 is 17.9 Å². The Balaban J connectivity index is 2.66. The summed E-state index contributed by atoms with van der Waals surface area (Å²) < 4.78 is 5.22. The van der Waals surface area contributed by atoms with Crippen LogP contribution in [-0.4, -0.2) is 44.5 Å². The monoisotopic (exact) mass is 276 g/mol. The lowest BCUT2D eigenvalue weighted by Crippen LogP contribution is -2.35. The maximum atomic E-state index is 11.6. The van der Waals surface area contributed by atoms with Gasteiger partial charge >= 0.3 is 0 Å². The minimum absolute atomic E-state index is 0.0128. The molecule has 5 heteroatoms. The zero-order chi connectivity index (χ0) is 15.1. The average Bonchev–Trinajstić information content (AvgIpc) is 2.42. The largest absolute Gasteiger partial charge is 0.496 e. The molecule has 0 atom stereocenters. The number of hydrogen-bond acceptors (Lipinski definition) is 3. The van der Waals surface area contributed by atoms with E-state index in [0.29, 0.717) is 5.75 Å². The number of likely N-dealkylation sites (N-methyl/N-ethyl adjacent to an activating group) is 1. The van der Waals surface area contributed by atoms with Gasteiger partial charge < -0.3 is 15.0 Å². The Bertz CT molecular complexity index is 522. The van der Waals surface area contributed by atoms with Crippen molar-refractivity contribution in [2.45, 2.75) is 6.92 Å². The molecule has 0 radical (unpaired) electrons. The normalized spacial score (nSPS) is 10.4. The molecule has 5 nitrogen and oxygen atoms in total. The minimum atomic E-state index is -0.316. The van der Waals surface area contributed by atoms with E-state index in [2.05, 4.69) is 5.32 Å². The first-order valence-corrected chi connectivity index (χ1v) is 6.24. The highest BCUT2D eigenvalue weighted by Gasteiger charge is 2.05. The van der Waals surface area contributed by atoms with Gasteiger partial charge in [-0.1, -0.05) is 11.6 Å². The molecule has 0 bridgehead atoms. The summed E-state index contributed by atoms with van der Waals surface area (Å²) in [5.41, 5.74) is 1.90. The number of nitrogens with one attached hydrogen (secondary N) is 1. The van der Waals surface area contributed by atoms with Gasteiger partial charge in [-0.25, -0.2) is 0 Å². The predicted molar refractivity (Wildman–Crippen MR) is 78.5 cm³/mol. The van der Waals surface area contributed by atoms with Crippen molar-refractivity contribution in [2.75, 3.05) is 27.7 Å². The minimum Gasteiger partial charge on any atom is -0.496 e. The van der Waals surface area contributed by atoms with Crippen LogP contribution in [0.5, 0.6) is 5.75 Å². The summed E-state index contributed by atoms with van der Waals surface area (Å²) in [5.74, 6) is 0.229. The lowest BCUT2D eigenvalue weighted by Gasteiger charge is -2.09. The van der Waals surface area contributed by atoms with Gasteiger partial charge in [-0.2, -0.15) is 0 Å². The van der Waals surface area contributed by atoms with E-state index in [9.17, 15) is 9.59 Å². The van der Waals surface area contributed by atoms with Crippen molar-refractivity contribution in [3.63, 3.8) is 0 Å². The molecule has 0 aliphatic rings. The molecule has 2 amide bonds. The molecule has 0 aliphatic carbocycles. The Morgan fingerprint density at radius 1 is 1.35 bits per heavy atom. The smallest absolute Gasteiger partial charge is 0.244 e. The lowest BCUT2D eigenvalue weighted by molar-refractivity contribution is -0.129. The van der Waals surface area contributed by atoms with E-state index >= 15 is 0 Å². The standard InChI is InChI=1S/C15H20N2O3/c1-11-5-7-13(20-4)12(9-11)6-8-14(18)16-10-15(19)17(2)3/h5-9H,10H2,1-4H3,(H,16,18)/b8-6+. The van der Waals surface area contributed by atoms with Crippen LogP contribution in [0.1, 0.15) is 11.1 Å². The van der Waals surface area contributed by atoms with E-state index in [0.717, 1.165) is 11.1 Å². The van der Waals surface area contributed by atoms with Crippen molar-refractivity contribution in [3.05, 3.63) is 35.4 Å². The summed E-state index contributed by atoms with van der Waals surface area (Å²) >= 11 is 0. The summed E-state index contributed by atoms with van der Waals surface area (Å²) in [6.45, 7) is 1.95. The van der Waals surface area contributed by atoms with E-state index < -0.39 is 0 Å². The first-order chi connectivity index (χ1) is 9.43. The molecule has 0 spiro atoms. The fraction of sp³-hybridized carbons (Fsp3) is 0.333. The topological polar surface area (TPSA) is 58.6 Å². The number of aryl methyl sites for hydroxylation is 1. The molecule has 0 fully saturated rings. The van der Waals surface area contributed by atoms with Gasteiger partial charge in [-0.05, 0) is 25.1 Å². The molecule has 20 heavy (non-hydrogen) atoms. The highest BCUT2D eigenvalue weighted by atomic mass is 16.5. The highest BCUT2D eigenvalue weighted by Crippen LogP contribution is 2.20. The number of carbonyl (C=O) groups excluding carboxylic acids is 2. The van der Waals surface area contributed by atoms with Crippen LogP contribution in [0.2, 0.25) is 0 Å². The number of methoxy groups -OCH3 is 1. The molecule has 0 unspecified atom stereocenters. The van der Waals surface area contributed by atoms with E-state index in [1.54, 1.807) is 27.3 Å². The summed E-state index contributed by atoms with van der Waals surface area (Å²) in [7, 11) is 4.86. The third-order valence-corrected chi connectivity index (χ3v) is 2.71. The van der Waals surface area contributed by atoms with E-state index in [-0.39, 0.29) is 18.4 Å². The Labute approximate surface area is 119 Å². The van der Waals surface area contributed by atoms with Gasteiger partial charge in [-0.3, -0.25) is 9.59 Å². The maximum absolute atomic E-state index is 11.6. The summed E-state index contributed by atoms with van der Waals surface area (Å²) in [5, 5.41) is 2.53. The number of nitrogens with zero attached hydrogens (tertiary/aromatic N) is 1. The molecule has 0 saturated carbocycles. The Kier molecular flexibility index (Phi) is 5.77. The van der Waals surface area contributed by atoms with E-state index in [1.165, 1.54) is 11.0 Å². The predicted octanol–water partition coefficient (Wildman–Crippen LogP) is 1.22. The molecule has 1 rings (SSSR count). The van der Waals surface area contributed by atoms with Gasteiger partial charge in [0.05, 0.1) is 13.7 Å². The van der Waals surface area contributed by atoms with Gasteiger partial charge in [0.25, 0.3) is 0 Å². The summed E-state index contributed by atoms with van der Waals surface area (Å²) in [4.78, 5) is 24.4. The fourth-order valence-corrected chi connectivity index (χ4v) is 1.53. The van der Waals surface area contributed by atoms with Crippen LogP contribution in [0.3, 0.4) is 0 Å². The lowest BCUT2D eigenvalue weighted by atomic mass is 10.1. The third kappa shape index (κ3) is 4.76. The van der Waals surface area contributed by atoms with E-state index in [4.69, 9.17) is 4.74 Å². The van der Waals surface area contributed by atoms with Crippen molar-refractivity contribution in [1.82, 2.24) is 10.2 Å². The number of hydrogen-bond donors (Lipinski definition) is 1. The number of carbonyl (C=O) groups is 2. The maximum Gasteiger partial charge on any atom is 0.244 e. The molecule has 0 saturated heterocycles. The number of ether oxygens (including phenoxy) is 1.